The van der Waals surface area contributed by atoms with Gasteiger partial charge in [-0.1, -0.05) is 0 Å². The maximum atomic E-state index is 12.3. The van der Waals surface area contributed by atoms with E-state index in [0.29, 0.717) is 17.1 Å². The van der Waals surface area contributed by atoms with E-state index in [1.807, 2.05) is 17.8 Å². The third-order valence-corrected chi connectivity index (χ3v) is 2.95. The number of ketones is 1. The van der Waals surface area contributed by atoms with E-state index in [1.54, 1.807) is 31.5 Å². The highest BCUT2D eigenvalue weighted by atomic mass is 16.5. The number of methoxy groups -OCH3 is 2. The van der Waals surface area contributed by atoms with Crippen LogP contribution in [0.5, 0.6) is 11.5 Å². The molecule has 0 spiro atoms. The predicted octanol–water partition coefficient (Wildman–Crippen LogP) is 1.86. The normalized spacial score (nSPS) is 10.3. The summed E-state index contributed by atoms with van der Waals surface area (Å²) in [5.74, 6) is 1.86. The molecule has 1 aromatic heterocycles. The van der Waals surface area contributed by atoms with Crippen LogP contribution in [0.1, 0.15) is 16.2 Å². The van der Waals surface area contributed by atoms with Crippen molar-refractivity contribution in [3.63, 3.8) is 0 Å². The molecule has 1 heterocycles. The van der Waals surface area contributed by atoms with E-state index < -0.39 is 0 Å². The monoisotopic (exact) mass is 260 g/mol. The number of imidazole rings is 1. The highest BCUT2D eigenvalue weighted by Crippen LogP contribution is 2.25. The zero-order chi connectivity index (χ0) is 13.8. The molecule has 5 nitrogen and oxygen atoms in total. The van der Waals surface area contributed by atoms with Crippen LogP contribution >= 0.6 is 0 Å². The number of aromatic nitrogens is 2. The van der Waals surface area contributed by atoms with Gasteiger partial charge in [0.15, 0.2) is 5.78 Å². The molecule has 0 amide bonds. The zero-order valence-electron chi connectivity index (χ0n) is 11.2. The van der Waals surface area contributed by atoms with Gasteiger partial charge in [0.25, 0.3) is 0 Å². The first-order valence-electron chi connectivity index (χ1n) is 5.87. The van der Waals surface area contributed by atoms with Crippen LogP contribution in [0.15, 0.2) is 30.6 Å². The number of hydrogen-bond acceptors (Lipinski definition) is 4. The number of ether oxygens (including phenoxy) is 2. The summed E-state index contributed by atoms with van der Waals surface area (Å²) < 4.78 is 12.2. The van der Waals surface area contributed by atoms with Crippen molar-refractivity contribution in [2.24, 2.45) is 7.05 Å². The highest BCUT2D eigenvalue weighted by Gasteiger charge is 2.15. The number of benzene rings is 1. The molecule has 0 bridgehead atoms. The maximum absolute atomic E-state index is 12.3. The molecule has 19 heavy (non-hydrogen) atoms. The number of carbonyl (C=O) groups is 1. The maximum Gasteiger partial charge on any atom is 0.174 e. The van der Waals surface area contributed by atoms with Gasteiger partial charge in [-0.15, -0.1) is 0 Å². The lowest BCUT2D eigenvalue weighted by molar-refractivity contribution is 0.0987. The summed E-state index contributed by atoms with van der Waals surface area (Å²) in [7, 11) is 4.97. The summed E-state index contributed by atoms with van der Waals surface area (Å²) in [4.78, 5) is 16.4. The first kappa shape index (κ1) is 13.1. The van der Waals surface area contributed by atoms with Gasteiger partial charge < -0.3 is 14.0 Å². The van der Waals surface area contributed by atoms with Crippen LogP contribution in [0.3, 0.4) is 0 Å². The van der Waals surface area contributed by atoms with Crippen molar-refractivity contribution in [1.29, 1.82) is 0 Å². The van der Waals surface area contributed by atoms with Crippen LogP contribution in [0.4, 0.5) is 0 Å². The summed E-state index contributed by atoms with van der Waals surface area (Å²) in [6.45, 7) is 0. The predicted molar refractivity (Wildman–Crippen MR) is 70.8 cm³/mol. The lowest BCUT2D eigenvalue weighted by Crippen LogP contribution is -2.09. The molecule has 0 saturated carbocycles. The summed E-state index contributed by atoms with van der Waals surface area (Å²) in [5.41, 5.74) is 0.534. The molecule has 0 aliphatic rings. The van der Waals surface area contributed by atoms with Crippen LogP contribution < -0.4 is 9.47 Å². The number of Topliss-reactive ketones (excluding diaryl/α,β-unsaturated/α-hetero) is 1. The van der Waals surface area contributed by atoms with E-state index in [0.717, 1.165) is 5.82 Å². The molecule has 0 N–H and O–H groups in total. The molecular weight excluding hydrogens is 244 g/mol. The number of carbonyl (C=O) groups excluding carboxylic acids is 1. The van der Waals surface area contributed by atoms with Crippen molar-refractivity contribution < 1.29 is 14.3 Å². The van der Waals surface area contributed by atoms with E-state index >= 15 is 0 Å². The number of hydrogen-bond donors (Lipinski definition) is 0. The number of rotatable bonds is 5. The molecule has 0 radical (unpaired) electrons. The van der Waals surface area contributed by atoms with Gasteiger partial charge in [0.1, 0.15) is 17.3 Å². The van der Waals surface area contributed by atoms with Gasteiger partial charge in [-0.3, -0.25) is 4.79 Å². The first-order chi connectivity index (χ1) is 9.15. The largest absolute Gasteiger partial charge is 0.497 e. The van der Waals surface area contributed by atoms with Gasteiger partial charge in [-0.25, -0.2) is 4.98 Å². The van der Waals surface area contributed by atoms with Crippen molar-refractivity contribution in [3.05, 3.63) is 42.0 Å². The quantitative estimate of drug-likeness (QED) is 0.770. The standard InChI is InChI=1S/C14H16N2O3/c1-16-7-6-15-14(16)9-12(17)11-5-4-10(18-2)8-13(11)19-3/h4-8H,9H2,1-3H3. The fourth-order valence-corrected chi connectivity index (χ4v) is 1.83. The second kappa shape index (κ2) is 5.56. The van der Waals surface area contributed by atoms with Crippen LogP contribution in [0.25, 0.3) is 0 Å². The molecule has 1 aromatic carbocycles. The van der Waals surface area contributed by atoms with E-state index in [4.69, 9.17) is 9.47 Å². The van der Waals surface area contributed by atoms with Gasteiger partial charge in [0, 0.05) is 25.5 Å². The fourth-order valence-electron chi connectivity index (χ4n) is 1.83. The minimum absolute atomic E-state index is 0.0335. The third kappa shape index (κ3) is 2.76. The number of aryl methyl sites for hydroxylation is 1. The van der Waals surface area contributed by atoms with Crippen LogP contribution in [-0.4, -0.2) is 29.6 Å². The molecule has 2 rings (SSSR count). The number of nitrogens with zero attached hydrogens (tertiary/aromatic N) is 2. The zero-order valence-corrected chi connectivity index (χ0v) is 11.2. The van der Waals surface area contributed by atoms with E-state index in [9.17, 15) is 4.79 Å². The molecule has 2 aromatic rings. The Balaban J connectivity index is 2.26. The van der Waals surface area contributed by atoms with Gasteiger partial charge in [-0.05, 0) is 12.1 Å². The van der Waals surface area contributed by atoms with Crippen LogP contribution in [0, 0.1) is 0 Å². The fraction of sp³-hybridized carbons (Fsp3) is 0.286. The van der Waals surface area contributed by atoms with Gasteiger partial charge in [0.2, 0.25) is 0 Å². The first-order valence-corrected chi connectivity index (χ1v) is 5.87. The molecule has 0 atom stereocenters. The Morgan fingerprint density at radius 3 is 2.68 bits per heavy atom. The van der Waals surface area contributed by atoms with Gasteiger partial charge in [-0.2, -0.15) is 0 Å². The SMILES string of the molecule is COc1ccc(C(=O)Cc2nccn2C)c(OC)c1. The van der Waals surface area contributed by atoms with Crippen LogP contribution in [0.2, 0.25) is 0 Å². The summed E-state index contributed by atoms with van der Waals surface area (Å²) in [6.07, 6.45) is 3.73. The summed E-state index contributed by atoms with van der Waals surface area (Å²) in [6, 6.07) is 5.16. The van der Waals surface area contributed by atoms with Gasteiger partial charge in [0.05, 0.1) is 26.2 Å². The Hall–Kier alpha value is -2.30. The molecule has 0 unspecified atom stereocenters. The summed E-state index contributed by atoms with van der Waals surface area (Å²) >= 11 is 0. The summed E-state index contributed by atoms with van der Waals surface area (Å²) in [5, 5.41) is 0. The minimum atomic E-state index is -0.0335. The Morgan fingerprint density at radius 2 is 2.11 bits per heavy atom. The van der Waals surface area contributed by atoms with E-state index in [-0.39, 0.29) is 12.2 Å². The Labute approximate surface area is 111 Å². The van der Waals surface area contributed by atoms with Crippen molar-refractivity contribution in [2.75, 3.05) is 14.2 Å². The molecule has 100 valence electrons. The Kier molecular flexibility index (Phi) is 3.85. The molecule has 0 aliphatic heterocycles. The average Bonchev–Trinajstić information content (AvgIpc) is 2.83. The second-order valence-corrected chi connectivity index (χ2v) is 4.12. The van der Waals surface area contributed by atoms with Crippen molar-refractivity contribution in [3.8, 4) is 11.5 Å². The van der Waals surface area contributed by atoms with Crippen molar-refractivity contribution >= 4 is 5.78 Å². The molecule has 0 fully saturated rings. The van der Waals surface area contributed by atoms with Crippen LogP contribution in [-0.2, 0) is 13.5 Å². The lowest BCUT2D eigenvalue weighted by Gasteiger charge is -2.09. The molecular formula is C14H16N2O3. The average molecular weight is 260 g/mol. The highest BCUT2D eigenvalue weighted by molar-refractivity contribution is 5.99. The lowest BCUT2D eigenvalue weighted by atomic mass is 10.1. The topological polar surface area (TPSA) is 53.3 Å². The third-order valence-electron chi connectivity index (χ3n) is 2.95. The van der Waals surface area contributed by atoms with E-state index in [2.05, 4.69) is 4.98 Å². The van der Waals surface area contributed by atoms with Gasteiger partial charge >= 0.3 is 0 Å². The molecule has 0 saturated heterocycles. The smallest absolute Gasteiger partial charge is 0.174 e. The minimum Gasteiger partial charge on any atom is -0.497 e. The Morgan fingerprint density at radius 1 is 1.32 bits per heavy atom. The van der Waals surface area contributed by atoms with Crippen molar-refractivity contribution in [2.45, 2.75) is 6.42 Å². The molecule has 0 aliphatic carbocycles. The van der Waals surface area contributed by atoms with Crippen molar-refractivity contribution in [1.82, 2.24) is 9.55 Å². The Bertz CT molecular complexity index is 590. The van der Waals surface area contributed by atoms with E-state index in [1.165, 1.54) is 7.11 Å². The molecule has 5 heteroatoms. The second-order valence-electron chi connectivity index (χ2n) is 4.12.